The maximum absolute atomic E-state index is 10.7. The average Bonchev–Trinajstić information content (AvgIpc) is 2.09. The molecule has 2 N–H and O–H groups in total. The molecule has 76 valence electrons. The first kappa shape index (κ1) is 10.5. The van der Waals surface area contributed by atoms with Crippen LogP contribution in [0.15, 0.2) is 0 Å². The van der Waals surface area contributed by atoms with E-state index in [0.29, 0.717) is 6.54 Å². The molecule has 0 aromatic carbocycles. The van der Waals surface area contributed by atoms with Gasteiger partial charge in [0.1, 0.15) is 0 Å². The van der Waals surface area contributed by atoms with Gasteiger partial charge in [-0.2, -0.15) is 0 Å². The van der Waals surface area contributed by atoms with Crippen LogP contribution in [0.2, 0.25) is 0 Å². The van der Waals surface area contributed by atoms with Crippen LogP contribution in [0.4, 0.5) is 0 Å². The highest BCUT2D eigenvalue weighted by molar-refractivity contribution is 5.75. The Morgan fingerprint density at radius 3 is 2.92 bits per heavy atom. The Balaban J connectivity index is 2.49. The molecule has 1 heterocycles. The highest BCUT2D eigenvalue weighted by Crippen LogP contribution is 2.15. The number of carbonyl (C=O) groups is 1. The fourth-order valence-electron chi connectivity index (χ4n) is 1.66. The first-order valence-corrected chi connectivity index (χ1v) is 4.64. The van der Waals surface area contributed by atoms with E-state index in [1.54, 1.807) is 0 Å². The van der Waals surface area contributed by atoms with Crippen molar-refractivity contribution in [1.82, 2.24) is 4.90 Å². The number of nitrogens with two attached hydrogens (primary N) is 1. The highest BCUT2D eigenvalue weighted by atomic mass is 16.5. The van der Waals surface area contributed by atoms with Gasteiger partial charge in [-0.3, -0.25) is 9.69 Å². The number of amides is 1. The van der Waals surface area contributed by atoms with Crippen molar-refractivity contribution in [2.75, 3.05) is 26.2 Å². The molecule has 1 amide bonds. The molecule has 1 aliphatic rings. The Kier molecular flexibility index (Phi) is 3.27. The van der Waals surface area contributed by atoms with Gasteiger partial charge in [-0.05, 0) is 20.3 Å². The van der Waals surface area contributed by atoms with Crippen molar-refractivity contribution in [2.45, 2.75) is 25.9 Å². The highest BCUT2D eigenvalue weighted by Gasteiger charge is 2.25. The summed E-state index contributed by atoms with van der Waals surface area (Å²) in [6.07, 6.45) is 0.969. The molecule has 0 radical (unpaired) electrons. The molecular weight excluding hydrogens is 168 g/mol. The van der Waals surface area contributed by atoms with Crippen molar-refractivity contribution >= 4 is 5.91 Å². The van der Waals surface area contributed by atoms with E-state index < -0.39 is 0 Å². The Morgan fingerprint density at radius 2 is 2.31 bits per heavy atom. The summed E-state index contributed by atoms with van der Waals surface area (Å²) in [5, 5.41) is 0. The molecule has 0 aromatic rings. The van der Waals surface area contributed by atoms with Gasteiger partial charge in [-0.25, -0.2) is 0 Å². The maximum Gasteiger partial charge on any atom is 0.231 e. The van der Waals surface area contributed by atoms with Crippen LogP contribution in [0.5, 0.6) is 0 Å². The van der Waals surface area contributed by atoms with Gasteiger partial charge in [0.25, 0.3) is 0 Å². The zero-order valence-electron chi connectivity index (χ0n) is 8.38. The van der Waals surface area contributed by atoms with Crippen LogP contribution in [0.25, 0.3) is 0 Å². The van der Waals surface area contributed by atoms with E-state index in [1.165, 1.54) is 0 Å². The lowest BCUT2D eigenvalue weighted by Gasteiger charge is -2.28. The lowest BCUT2D eigenvalue weighted by Crippen LogP contribution is -2.42. The summed E-state index contributed by atoms with van der Waals surface area (Å²) in [6.45, 7) is 6.84. The molecule has 0 aromatic heterocycles. The van der Waals surface area contributed by atoms with Crippen molar-refractivity contribution in [1.29, 1.82) is 0 Å². The Morgan fingerprint density at radius 1 is 1.62 bits per heavy atom. The molecule has 0 aliphatic carbocycles. The summed E-state index contributed by atoms with van der Waals surface area (Å²) in [7, 11) is 0. The number of hydrogen-bond donors (Lipinski definition) is 1. The lowest BCUT2D eigenvalue weighted by molar-refractivity contribution is -0.119. The minimum Gasteiger partial charge on any atom is -0.374 e. The number of nitrogens with zero attached hydrogens (tertiary/aromatic N) is 1. The molecular formula is C9H18N2O2. The predicted octanol–water partition coefficient (Wildman–Crippen LogP) is -0.0274. The summed E-state index contributed by atoms with van der Waals surface area (Å²) in [5.41, 5.74) is 4.98. The molecule has 0 atom stereocenters. The zero-order valence-corrected chi connectivity index (χ0v) is 8.38. The van der Waals surface area contributed by atoms with E-state index in [9.17, 15) is 4.79 Å². The Hall–Kier alpha value is -0.610. The van der Waals surface area contributed by atoms with Crippen LogP contribution in [0.3, 0.4) is 0 Å². The molecule has 1 saturated heterocycles. The SMILES string of the molecule is CC1(C)CN(CC(N)=O)CCCO1. The second-order valence-corrected chi connectivity index (χ2v) is 4.14. The molecule has 0 unspecified atom stereocenters. The van der Waals surface area contributed by atoms with Crippen LogP contribution in [0, 0.1) is 0 Å². The third-order valence-corrected chi connectivity index (χ3v) is 2.10. The summed E-state index contributed by atoms with van der Waals surface area (Å²) < 4.78 is 5.61. The zero-order chi connectivity index (χ0) is 9.90. The van der Waals surface area contributed by atoms with Crippen molar-refractivity contribution in [3.8, 4) is 0 Å². The van der Waals surface area contributed by atoms with Crippen molar-refractivity contribution in [2.24, 2.45) is 5.73 Å². The van der Waals surface area contributed by atoms with Crippen LogP contribution >= 0.6 is 0 Å². The van der Waals surface area contributed by atoms with Gasteiger partial charge >= 0.3 is 0 Å². The molecule has 0 saturated carbocycles. The fraction of sp³-hybridized carbons (Fsp3) is 0.889. The van der Waals surface area contributed by atoms with Crippen LogP contribution in [-0.2, 0) is 9.53 Å². The van der Waals surface area contributed by atoms with E-state index in [0.717, 1.165) is 26.1 Å². The second-order valence-electron chi connectivity index (χ2n) is 4.14. The molecule has 1 aliphatic heterocycles. The van der Waals surface area contributed by atoms with Crippen LogP contribution in [0.1, 0.15) is 20.3 Å². The summed E-state index contributed by atoms with van der Waals surface area (Å²) >= 11 is 0. The summed E-state index contributed by atoms with van der Waals surface area (Å²) in [5.74, 6) is -0.266. The topological polar surface area (TPSA) is 55.6 Å². The smallest absolute Gasteiger partial charge is 0.231 e. The largest absolute Gasteiger partial charge is 0.374 e. The molecule has 4 heteroatoms. The van der Waals surface area contributed by atoms with Gasteiger partial charge in [0.2, 0.25) is 5.91 Å². The van der Waals surface area contributed by atoms with Gasteiger partial charge in [0, 0.05) is 19.7 Å². The van der Waals surface area contributed by atoms with Gasteiger partial charge < -0.3 is 10.5 Å². The lowest BCUT2D eigenvalue weighted by atomic mass is 10.1. The van der Waals surface area contributed by atoms with Crippen LogP contribution < -0.4 is 5.73 Å². The molecule has 1 fully saturated rings. The standard InChI is InChI=1S/C9H18N2O2/c1-9(2)7-11(6-8(10)12)4-3-5-13-9/h3-7H2,1-2H3,(H2,10,12). The third kappa shape index (κ3) is 3.74. The Labute approximate surface area is 79.0 Å². The van der Waals surface area contributed by atoms with Gasteiger partial charge in [0.15, 0.2) is 0 Å². The van der Waals surface area contributed by atoms with Crippen molar-refractivity contribution in [3.05, 3.63) is 0 Å². The quantitative estimate of drug-likeness (QED) is 0.659. The number of hydrogen-bond acceptors (Lipinski definition) is 3. The fourth-order valence-corrected chi connectivity index (χ4v) is 1.66. The first-order chi connectivity index (χ1) is 5.99. The van der Waals surface area contributed by atoms with E-state index in [4.69, 9.17) is 10.5 Å². The number of primary amides is 1. The minimum absolute atomic E-state index is 0.161. The monoisotopic (exact) mass is 186 g/mol. The maximum atomic E-state index is 10.7. The Bertz CT molecular complexity index is 192. The van der Waals surface area contributed by atoms with Gasteiger partial charge in [-0.15, -0.1) is 0 Å². The summed E-state index contributed by atoms with van der Waals surface area (Å²) in [4.78, 5) is 12.8. The average molecular weight is 186 g/mol. The predicted molar refractivity (Wildman–Crippen MR) is 50.3 cm³/mol. The van der Waals surface area contributed by atoms with E-state index in [2.05, 4.69) is 4.90 Å². The minimum atomic E-state index is -0.266. The van der Waals surface area contributed by atoms with Crippen molar-refractivity contribution < 1.29 is 9.53 Å². The molecule has 0 bridgehead atoms. The molecule has 1 rings (SSSR count). The van der Waals surface area contributed by atoms with Crippen molar-refractivity contribution in [3.63, 3.8) is 0 Å². The second kappa shape index (κ2) is 4.07. The first-order valence-electron chi connectivity index (χ1n) is 4.64. The number of rotatable bonds is 2. The van der Waals surface area contributed by atoms with E-state index >= 15 is 0 Å². The summed E-state index contributed by atoms with van der Waals surface area (Å²) in [6, 6.07) is 0. The van der Waals surface area contributed by atoms with E-state index in [-0.39, 0.29) is 11.5 Å². The molecule has 4 nitrogen and oxygen atoms in total. The van der Waals surface area contributed by atoms with E-state index in [1.807, 2.05) is 13.8 Å². The molecule has 0 spiro atoms. The normalized spacial score (nSPS) is 23.8. The van der Waals surface area contributed by atoms with Gasteiger partial charge in [0.05, 0.1) is 12.1 Å². The van der Waals surface area contributed by atoms with Gasteiger partial charge in [-0.1, -0.05) is 0 Å². The molecule has 13 heavy (non-hydrogen) atoms. The third-order valence-electron chi connectivity index (χ3n) is 2.10. The number of ether oxygens (including phenoxy) is 1. The number of carbonyl (C=O) groups excluding carboxylic acids is 1. The van der Waals surface area contributed by atoms with Crippen LogP contribution in [-0.4, -0.2) is 42.6 Å².